The van der Waals surface area contributed by atoms with Crippen LogP contribution < -0.4 is 5.32 Å². The average molecular weight is 276 g/mol. The first-order chi connectivity index (χ1) is 9.06. The Labute approximate surface area is 116 Å². The fourth-order valence-corrected chi connectivity index (χ4v) is 1.84. The number of nitrogens with one attached hydrogen (secondary N) is 1. The first kappa shape index (κ1) is 13.5. The zero-order valence-electron chi connectivity index (χ0n) is 10.4. The first-order valence-corrected chi connectivity index (χ1v) is 6.20. The number of carbonyl (C=O) groups excluding carboxylic acids is 1. The van der Waals surface area contributed by atoms with Crippen LogP contribution in [0.2, 0.25) is 0 Å². The van der Waals surface area contributed by atoms with Gasteiger partial charge < -0.3 is 5.32 Å². The highest BCUT2D eigenvalue weighted by atomic mass is 32.1. The van der Waals surface area contributed by atoms with E-state index in [1.807, 2.05) is 25.1 Å². The van der Waals surface area contributed by atoms with Gasteiger partial charge >= 0.3 is 0 Å². The van der Waals surface area contributed by atoms with Crippen molar-refractivity contribution in [2.75, 3.05) is 0 Å². The van der Waals surface area contributed by atoms with Crippen molar-refractivity contribution in [3.8, 4) is 0 Å². The number of rotatable bonds is 3. The standard InChI is InChI=1S/C14H13FN2OS/c1-9-3-2-4-11(17-9)8-16-14(18)10-5-6-12(15)13(19)7-10/h2-7,19H,8H2,1H3,(H,16,18). The van der Waals surface area contributed by atoms with Crippen molar-refractivity contribution in [2.24, 2.45) is 0 Å². The molecule has 0 saturated carbocycles. The molecule has 0 aliphatic rings. The highest BCUT2D eigenvalue weighted by Crippen LogP contribution is 2.14. The number of aromatic nitrogens is 1. The molecule has 0 unspecified atom stereocenters. The van der Waals surface area contributed by atoms with Gasteiger partial charge in [0.1, 0.15) is 5.82 Å². The number of aryl methyl sites for hydroxylation is 1. The summed E-state index contributed by atoms with van der Waals surface area (Å²) in [6, 6.07) is 9.65. The molecule has 0 bridgehead atoms. The summed E-state index contributed by atoms with van der Waals surface area (Å²) in [6.45, 7) is 2.22. The van der Waals surface area contributed by atoms with Crippen LogP contribution in [0.5, 0.6) is 0 Å². The Kier molecular flexibility index (Phi) is 4.16. The van der Waals surface area contributed by atoms with Gasteiger partial charge in [-0.05, 0) is 37.3 Å². The molecule has 0 aliphatic heterocycles. The Bertz CT molecular complexity index is 616. The number of hydrogen-bond acceptors (Lipinski definition) is 3. The summed E-state index contributed by atoms with van der Waals surface area (Å²) >= 11 is 3.95. The third kappa shape index (κ3) is 3.54. The molecule has 19 heavy (non-hydrogen) atoms. The van der Waals surface area contributed by atoms with Crippen LogP contribution in [0.15, 0.2) is 41.3 Å². The van der Waals surface area contributed by atoms with Gasteiger partial charge in [-0.1, -0.05) is 6.07 Å². The number of halogens is 1. The smallest absolute Gasteiger partial charge is 0.251 e. The second-order valence-corrected chi connectivity index (χ2v) is 4.60. The van der Waals surface area contributed by atoms with Gasteiger partial charge in [0.25, 0.3) is 5.91 Å². The molecule has 0 fully saturated rings. The fraction of sp³-hybridized carbons (Fsp3) is 0.143. The molecule has 1 aromatic heterocycles. The molecule has 2 rings (SSSR count). The molecule has 0 aliphatic carbocycles. The maximum absolute atomic E-state index is 13.0. The number of carbonyl (C=O) groups is 1. The third-order valence-electron chi connectivity index (χ3n) is 2.58. The van der Waals surface area contributed by atoms with Crippen LogP contribution in [0.1, 0.15) is 21.7 Å². The zero-order valence-corrected chi connectivity index (χ0v) is 11.2. The van der Waals surface area contributed by atoms with Gasteiger partial charge in [-0.3, -0.25) is 9.78 Å². The normalized spacial score (nSPS) is 10.3. The SMILES string of the molecule is Cc1cccc(CNC(=O)c2ccc(F)c(S)c2)n1. The van der Waals surface area contributed by atoms with Crippen LogP contribution in [-0.2, 0) is 6.54 Å². The lowest BCUT2D eigenvalue weighted by atomic mass is 10.2. The van der Waals surface area contributed by atoms with E-state index in [0.717, 1.165) is 11.4 Å². The summed E-state index contributed by atoms with van der Waals surface area (Å²) < 4.78 is 13.0. The molecule has 1 amide bonds. The van der Waals surface area contributed by atoms with Crippen molar-refractivity contribution >= 4 is 18.5 Å². The molecule has 98 valence electrons. The summed E-state index contributed by atoms with van der Waals surface area (Å²) in [5, 5.41) is 2.73. The number of benzene rings is 1. The Morgan fingerprint density at radius 3 is 2.84 bits per heavy atom. The number of amides is 1. The first-order valence-electron chi connectivity index (χ1n) is 5.75. The minimum atomic E-state index is -0.444. The Morgan fingerprint density at radius 1 is 1.37 bits per heavy atom. The van der Waals surface area contributed by atoms with Crippen molar-refractivity contribution in [1.82, 2.24) is 10.3 Å². The molecule has 2 aromatic rings. The Hall–Kier alpha value is -1.88. The van der Waals surface area contributed by atoms with Crippen molar-refractivity contribution in [1.29, 1.82) is 0 Å². The van der Waals surface area contributed by atoms with Crippen molar-refractivity contribution in [3.05, 3.63) is 59.2 Å². The quantitative estimate of drug-likeness (QED) is 0.846. The van der Waals surface area contributed by atoms with E-state index in [1.165, 1.54) is 18.2 Å². The van der Waals surface area contributed by atoms with Crippen LogP contribution in [0.25, 0.3) is 0 Å². The van der Waals surface area contributed by atoms with Crippen LogP contribution in [0, 0.1) is 12.7 Å². The zero-order chi connectivity index (χ0) is 13.8. The van der Waals surface area contributed by atoms with E-state index in [1.54, 1.807) is 0 Å². The third-order valence-corrected chi connectivity index (χ3v) is 2.93. The lowest BCUT2D eigenvalue weighted by Crippen LogP contribution is -2.23. The van der Waals surface area contributed by atoms with E-state index in [4.69, 9.17) is 0 Å². The second-order valence-electron chi connectivity index (χ2n) is 4.12. The van der Waals surface area contributed by atoms with Crippen LogP contribution in [-0.4, -0.2) is 10.9 Å². The summed E-state index contributed by atoms with van der Waals surface area (Å²) in [5.74, 6) is -0.723. The number of pyridine rings is 1. The maximum Gasteiger partial charge on any atom is 0.251 e. The molecule has 0 spiro atoms. The molecule has 3 nitrogen and oxygen atoms in total. The minimum absolute atomic E-state index is 0.154. The lowest BCUT2D eigenvalue weighted by molar-refractivity contribution is 0.0950. The van der Waals surface area contributed by atoms with Crippen LogP contribution >= 0.6 is 12.6 Å². The van der Waals surface area contributed by atoms with E-state index < -0.39 is 5.82 Å². The minimum Gasteiger partial charge on any atom is -0.346 e. The van der Waals surface area contributed by atoms with Crippen molar-refractivity contribution < 1.29 is 9.18 Å². The van der Waals surface area contributed by atoms with Gasteiger partial charge in [-0.15, -0.1) is 12.6 Å². The van der Waals surface area contributed by atoms with E-state index >= 15 is 0 Å². The average Bonchev–Trinajstić information content (AvgIpc) is 2.39. The van der Waals surface area contributed by atoms with Gasteiger partial charge in [0.2, 0.25) is 0 Å². The van der Waals surface area contributed by atoms with Crippen LogP contribution in [0.3, 0.4) is 0 Å². The molecule has 1 N–H and O–H groups in total. The predicted octanol–water partition coefficient (Wildman–Crippen LogP) is 2.75. The molecule has 5 heteroatoms. The van der Waals surface area contributed by atoms with Gasteiger partial charge in [-0.2, -0.15) is 0 Å². The Morgan fingerprint density at radius 2 is 2.16 bits per heavy atom. The molecular formula is C14H13FN2OS. The van der Waals surface area contributed by atoms with Gasteiger partial charge in [0.05, 0.1) is 12.2 Å². The largest absolute Gasteiger partial charge is 0.346 e. The molecule has 0 saturated heterocycles. The summed E-state index contributed by atoms with van der Waals surface area (Å²) in [5.41, 5.74) is 2.05. The Balaban J connectivity index is 2.03. The maximum atomic E-state index is 13.0. The highest BCUT2D eigenvalue weighted by molar-refractivity contribution is 7.80. The summed E-state index contributed by atoms with van der Waals surface area (Å²) in [4.78, 5) is 16.3. The molecule has 0 atom stereocenters. The van der Waals surface area contributed by atoms with Gasteiger partial charge in [0.15, 0.2) is 0 Å². The monoisotopic (exact) mass is 276 g/mol. The van der Waals surface area contributed by atoms with Gasteiger partial charge in [0, 0.05) is 16.2 Å². The highest BCUT2D eigenvalue weighted by Gasteiger charge is 2.08. The number of hydrogen-bond donors (Lipinski definition) is 2. The predicted molar refractivity (Wildman–Crippen MR) is 73.8 cm³/mol. The van der Waals surface area contributed by atoms with E-state index in [2.05, 4.69) is 22.9 Å². The molecule has 1 heterocycles. The molecule has 1 aromatic carbocycles. The summed E-state index contributed by atoms with van der Waals surface area (Å²) in [7, 11) is 0. The van der Waals surface area contributed by atoms with Crippen LogP contribution in [0.4, 0.5) is 4.39 Å². The number of nitrogens with zero attached hydrogens (tertiary/aromatic N) is 1. The van der Waals surface area contributed by atoms with Crippen molar-refractivity contribution in [3.63, 3.8) is 0 Å². The topological polar surface area (TPSA) is 42.0 Å². The summed E-state index contributed by atoms with van der Waals surface area (Å²) in [6.07, 6.45) is 0. The van der Waals surface area contributed by atoms with E-state index in [-0.39, 0.29) is 10.8 Å². The number of thiol groups is 1. The fourth-order valence-electron chi connectivity index (χ4n) is 1.62. The van der Waals surface area contributed by atoms with E-state index in [0.29, 0.717) is 12.1 Å². The molecule has 0 radical (unpaired) electrons. The second kappa shape index (κ2) is 5.84. The van der Waals surface area contributed by atoms with E-state index in [9.17, 15) is 9.18 Å². The van der Waals surface area contributed by atoms with Gasteiger partial charge in [-0.25, -0.2) is 4.39 Å². The van der Waals surface area contributed by atoms with Crippen molar-refractivity contribution in [2.45, 2.75) is 18.4 Å². The lowest BCUT2D eigenvalue weighted by Gasteiger charge is -2.06. The molecular weight excluding hydrogens is 263 g/mol.